The lowest BCUT2D eigenvalue weighted by atomic mass is 9.94. The van der Waals surface area contributed by atoms with Gasteiger partial charge in [-0.1, -0.05) is 13.3 Å². The second kappa shape index (κ2) is 4.52. The Balaban J connectivity index is 2.03. The van der Waals surface area contributed by atoms with Gasteiger partial charge in [-0.15, -0.1) is 0 Å². The van der Waals surface area contributed by atoms with Crippen molar-refractivity contribution in [3.05, 3.63) is 28.5 Å². The first-order chi connectivity index (χ1) is 7.20. The van der Waals surface area contributed by atoms with E-state index in [0.29, 0.717) is 0 Å². The Morgan fingerprint density at radius 3 is 2.87 bits per heavy atom. The van der Waals surface area contributed by atoms with E-state index in [1.165, 1.54) is 18.9 Å². The van der Waals surface area contributed by atoms with Crippen molar-refractivity contribution in [2.45, 2.75) is 19.8 Å². The minimum absolute atomic E-state index is 0.160. The van der Waals surface area contributed by atoms with Crippen molar-refractivity contribution in [3.8, 4) is 0 Å². The zero-order chi connectivity index (χ0) is 10.8. The van der Waals surface area contributed by atoms with E-state index < -0.39 is 0 Å². The first-order valence-electron chi connectivity index (χ1n) is 5.40. The predicted octanol–water partition coefficient (Wildman–Crippen LogP) is 3.82. The number of hydrogen-bond acceptors (Lipinski definition) is 1. The van der Waals surface area contributed by atoms with Gasteiger partial charge in [0.1, 0.15) is 5.82 Å². The maximum Gasteiger partial charge on any atom is 0.125 e. The second-order valence-corrected chi connectivity index (χ2v) is 5.01. The van der Waals surface area contributed by atoms with Crippen LogP contribution in [0.25, 0.3) is 0 Å². The maximum atomic E-state index is 13.1. The number of benzene rings is 1. The van der Waals surface area contributed by atoms with E-state index in [2.05, 4.69) is 27.8 Å². The molecule has 1 nitrogen and oxygen atoms in total. The maximum absolute atomic E-state index is 13.1. The van der Waals surface area contributed by atoms with Crippen LogP contribution in [0.1, 0.15) is 19.8 Å². The van der Waals surface area contributed by atoms with Crippen molar-refractivity contribution in [3.63, 3.8) is 0 Å². The molecule has 1 saturated heterocycles. The molecule has 1 heterocycles. The van der Waals surface area contributed by atoms with Gasteiger partial charge in [0.2, 0.25) is 0 Å². The number of nitrogens with zero attached hydrogens (tertiary/aromatic N) is 1. The summed E-state index contributed by atoms with van der Waals surface area (Å²) in [6.45, 7) is 4.34. The Bertz CT molecular complexity index is 347. The van der Waals surface area contributed by atoms with Gasteiger partial charge in [-0.05, 0) is 46.5 Å². The first-order valence-corrected chi connectivity index (χ1v) is 6.20. The van der Waals surface area contributed by atoms with Crippen molar-refractivity contribution < 1.29 is 4.39 Å². The van der Waals surface area contributed by atoms with Crippen LogP contribution < -0.4 is 4.90 Å². The summed E-state index contributed by atoms with van der Waals surface area (Å²) >= 11 is 3.46. The SMILES string of the molecule is CCCC1CN(c2cc(F)ccc2Br)C1. The third-order valence-corrected chi connectivity index (χ3v) is 3.57. The molecule has 0 unspecified atom stereocenters. The fourth-order valence-corrected chi connectivity index (χ4v) is 2.58. The van der Waals surface area contributed by atoms with E-state index >= 15 is 0 Å². The van der Waals surface area contributed by atoms with Gasteiger partial charge in [-0.2, -0.15) is 0 Å². The molecular formula is C12H15BrFN. The van der Waals surface area contributed by atoms with Gasteiger partial charge in [-0.3, -0.25) is 0 Å². The first kappa shape index (κ1) is 10.9. The van der Waals surface area contributed by atoms with Gasteiger partial charge >= 0.3 is 0 Å². The van der Waals surface area contributed by atoms with Gasteiger partial charge in [-0.25, -0.2) is 4.39 Å². The zero-order valence-electron chi connectivity index (χ0n) is 8.84. The number of rotatable bonds is 3. The Hall–Kier alpha value is -0.570. The second-order valence-electron chi connectivity index (χ2n) is 4.16. The fraction of sp³-hybridized carbons (Fsp3) is 0.500. The van der Waals surface area contributed by atoms with E-state index in [1.807, 2.05) is 0 Å². The van der Waals surface area contributed by atoms with E-state index in [0.717, 1.165) is 29.2 Å². The van der Waals surface area contributed by atoms with E-state index in [-0.39, 0.29) is 5.82 Å². The summed E-state index contributed by atoms with van der Waals surface area (Å²) in [6, 6.07) is 4.86. The third-order valence-electron chi connectivity index (χ3n) is 2.90. The summed E-state index contributed by atoms with van der Waals surface area (Å²) in [5, 5.41) is 0. The summed E-state index contributed by atoms with van der Waals surface area (Å²) in [6.07, 6.45) is 2.52. The van der Waals surface area contributed by atoms with Gasteiger partial charge in [0.05, 0.1) is 5.69 Å². The van der Waals surface area contributed by atoms with Crippen LogP contribution in [-0.4, -0.2) is 13.1 Å². The molecule has 1 aliphatic heterocycles. The minimum atomic E-state index is -0.160. The quantitative estimate of drug-likeness (QED) is 0.808. The molecule has 1 aromatic carbocycles. The molecule has 0 aromatic heterocycles. The van der Waals surface area contributed by atoms with Gasteiger partial charge < -0.3 is 4.90 Å². The van der Waals surface area contributed by atoms with Crippen LogP contribution in [0.5, 0.6) is 0 Å². The zero-order valence-corrected chi connectivity index (χ0v) is 10.4. The van der Waals surface area contributed by atoms with Gasteiger partial charge in [0, 0.05) is 17.6 Å². The van der Waals surface area contributed by atoms with Crippen LogP contribution in [0.4, 0.5) is 10.1 Å². The third kappa shape index (κ3) is 2.33. The van der Waals surface area contributed by atoms with Crippen molar-refractivity contribution in [2.75, 3.05) is 18.0 Å². The van der Waals surface area contributed by atoms with Crippen LogP contribution in [0.3, 0.4) is 0 Å². The number of anilines is 1. The summed E-state index contributed by atoms with van der Waals surface area (Å²) in [5.74, 6) is 0.636. The highest BCUT2D eigenvalue weighted by molar-refractivity contribution is 9.10. The summed E-state index contributed by atoms with van der Waals surface area (Å²) < 4.78 is 14.1. The highest BCUT2D eigenvalue weighted by atomic mass is 79.9. The normalized spacial score (nSPS) is 16.6. The molecule has 0 atom stereocenters. The van der Waals surface area contributed by atoms with Crippen LogP contribution in [0.2, 0.25) is 0 Å². The fourth-order valence-electron chi connectivity index (χ4n) is 2.09. The van der Waals surface area contributed by atoms with E-state index in [1.54, 1.807) is 12.1 Å². The summed E-state index contributed by atoms with van der Waals surface area (Å²) in [5.41, 5.74) is 0.988. The Labute approximate surface area is 98.4 Å². The predicted molar refractivity (Wildman–Crippen MR) is 64.7 cm³/mol. The molecule has 0 N–H and O–H groups in total. The number of halogens is 2. The van der Waals surface area contributed by atoms with E-state index in [9.17, 15) is 4.39 Å². The van der Waals surface area contributed by atoms with Gasteiger partial charge in [0.25, 0.3) is 0 Å². The molecule has 0 aliphatic carbocycles. The lowest BCUT2D eigenvalue weighted by Gasteiger charge is -2.41. The van der Waals surface area contributed by atoms with Crippen LogP contribution in [-0.2, 0) is 0 Å². The molecule has 1 fully saturated rings. The number of hydrogen-bond donors (Lipinski definition) is 0. The smallest absolute Gasteiger partial charge is 0.125 e. The Kier molecular flexibility index (Phi) is 3.29. The molecule has 15 heavy (non-hydrogen) atoms. The van der Waals surface area contributed by atoms with Gasteiger partial charge in [0.15, 0.2) is 0 Å². The minimum Gasteiger partial charge on any atom is -0.370 e. The molecule has 1 aliphatic rings. The molecule has 82 valence electrons. The van der Waals surface area contributed by atoms with Crippen molar-refractivity contribution in [1.82, 2.24) is 0 Å². The monoisotopic (exact) mass is 271 g/mol. The van der Waals surface area contributed by atoms with Crippen molar-refractivity contribution >= 4 is 21.6 Å². The topological polar surface area (TPSA) is 3.24 Å². The van der Waals surface area contributed by atoms with Crippen molar-refractivity contribution in [2.24, 2.45) is 5.92 Å². The molecule has 1 aromatic rings. The highest BCUT2D eigenvalue weighted by Crippen LogP contribution is 2.33. The Morgan fingerprint density at radius 2 is 2.20 bits per heavy atom. The molecular weight excluding hydrogens is 257 g/mol. The van der Waals surface area contributed by atoms with E-state index in [4.69, 9.17) is 0 Å². The molecule has 0 spiro atoms. The average Bonchev–Trinajstić information content (AvgIpc) is 2.15. The largest absolute Gasteiger partial charge is 0.370 e. The molecule has 0 radical (unpaired) electrons. The average molecular weight is 272 g/mol. The molecule has 3 heteroatoms. The highest BCUT2D eigenvalue weighted by Gasteiger charge is 2.27. The molecule has 0 amide bonds. The summed E-state index contributed by atoms with van der Waals surface area (Å²) in [7, 11) is 0. The van der Waals surface area contributed by atoms with Crippen LogP contribution >= 0.6 is 15.9 Å². The lowest BCUT2D eigenvalue weighted by molar-refractivity contribution is 0.380. The standard InChI is InChI=1S/C12H15BrFN/c1-2-3-9-7-15(8-9)12-6-10(14)4-5-11(12)13/h4-6,9H,2-3,7-8H2,1H3. The van der Waals surface area contributed by atoms with Crippen LogP contribution in [0, 0.1) is 11.7 Å². The van der Waals surface area contributed by atoms with Crippen molar-refractivity contribution in [1.29, 1.82) is 0 Å². The molecule has 0 saturated carbocycles. The van der Waals surface area contributed by atoms with Crippen LogP contribution in [0.15, 0.2) is 22.7 Å². The summed E-state index contributed by atoms with van der Waals surface area (Å²) in [4.78, 5) is 2.23. The lowest BCUT2D eigenvalue weighted by Crippen LogP contribution is -2.46. The molecule has 0 bridgehead atoms. The Morgan fingerprint density at radius 1 is 1.47 bits per heavy atom. The molecule has 2 rings (SSSR count).